The van der Waals surface area contributed by atoms with Crippen molar-refractivity contribution in [3.05, 3.63) is 30.5 Å². The first-order valence-electron chi connectivity index (χ1n) is 6.50. The molecule has 0 aliphatic carbocycles. The molecule has 102 valence electrons. The third kappa shape index (κ3) is 2.63. The van der Waals surface area contributed by atoms with Crippen molar-refractivity contribution in [2.75, 3.05) is 11.9 Å². The zero-order valence-electron chi connectivity index (χ0n) is 11.6. The predicted octanol–water partition coefficient (Wildman–Crippen LogP) is 2.38. The summed E-state index contributed by atoms with van der Waals surface area (Å²) in [4.78, 5) is 12.2. The van der Waals surface area contributed by atoms with E-state index in [0.717, 1.165) is 16.6 Å². The predicted molar refractivity (Wildman–Crippen MR) is 77.0 cm³/mol. The normalized spacial score (nSPS) is 12.9. The fourth-order valence-electron chi connectivity index (χ4n) is 2.26. The number of aryl methyl sites for hydroxylation is 1. The van der Waals surface area contributed by atoms with Gasteiger partial charge in [-0.3, -0.25) is 4.79 Å². The van der Waals surface area contributed by atoms with Crippen LogP contribution in [-0.2, 0) is 11.8 Å². The molecule has 0 fully saturated rings. The van der Waals surface area contributed by atoms with Crippen LogP contribution in [0.25, 0.3) is 10.9 Å². The number of para-hydroxylation sites is 1. The average Bonchev–Trinajstić information content (AvgIpc) is 2.67. The standard InChI is InChI=1S/C15H20N2O2/c1-10(2)12(9-18)15(19)16-13-8-17(3)14-7-5-4-6-11(13)14/h4-8,10,12,18H,9H2,1-3H3,(H,16,19). The Balaban J connectivity index is 2.29. The van der Waals surface area contributed by atoms with Gasteiger partial charge in [0.25, 0.3) is 0 Å². The number of rotatable bonds is 4. The summed E-state index contributed by atoms with van der Waals surface area (Å²) >= 11 is 0. The highest BCUT2D eigenvalue weighted by Gasteiger charge is 2.22. The Kier molecular flexibility index (Phi) is 3.90. The molecule has 2 rings (SSSR count). The number of carbonyl (C=O) groups excluding carboxylic acids is 1. The summed E-state index contributed by atoms with van der Waals surface area (Å²) in [6.45, 7) is 3.74. The zero-order valence-corrected chi connectivity index (χ0v) is 11.6. The van der Waals surface area contributed by atoms with Gasteiger partial charge in [0, 0.05) is 24.1 Å². The van der Waals surface area contributed by atoms with Crippen LogP contribution < -0.4 is 5.32 Å². The molecule has 2 N–H and O–H groups in total. The lowest BCUT2D eigenvalue weighted by atomic mass is 9.96. The van der Waals surface area contributed by atoms with Crippen LogP contribution in [0.3, 0.4) is 0 Å². The summed E-state index contributed by atoms with van der Waals surface area (Å²) in [6.07, 6.45) is 1.90. The van der Waals surface area contributed by atoms with E-state index in [9.17, 15) is 9.90 Å². The molecule has 1 unspecified atom stereocenters. The van der Waals surface area contributed by atoms with Crippen LogP contribution in [0.1, 0.15) is 13.8 Å². The van der Waals surface area contributed by atoms with Crippen LogP contribution >= 0.6 is 0 Å². The van der Waals surface area contributed by atoms with Crippen LogP contribution in [0.2, 0.25) is 0 Å². The molecule has 0 aliphatic rings. The minimum Gasteiger partial charge on any atom is -0.396 e. The maximum atomic E-state index is 12.2. The first-order valence-corrected chi connectivity index (χ1v) is 6.50. The van der Waals surface area contributed by atoms with Gasteiger partial charge in [-0.2, -0.15) is 0 Å². The number of benzene rings is 1. The third-order valence-corrected chi connectivity index (χ3v) is 3.49. The Hall–Kier alpha value is -1.81. The topological polar surface area (TPSA) is 54.3 Å². The van der Waals surface area contributed by atoms with E-state index in [4.69, 9.17) is 0 Å². The van der Waals surface area contributed by atoms with E-state index in [1.165, 1.54) is 0 Å². The highest BCUT2D eigenvalue weighted by Crippen LogP contribution is 2.25. The van der Waals surface area contributed by atoms with Gasteiger partial charge >= 0.3 is 0 Å². The minimum atomic E-state index is -0.376. The van der Waals surface area contributed by atoms with Crippen LogP contribution in [0.5, 0.6) is 0 Å². The molecule has 19 heavy (non-hydrogen) atoms. The molecule has 1 amide bonds. The summed E-state index contributed by atoms with van der Waals surface area (Å²) in [5.74, 6) is -0.396. The van der Waals surface area contributed by atoms with E-state index in [0.29, 0.717) is 0 Å². The quantitative estimate of drug-likeness (QED) is 0.886. The van der Waals surface area contributed by atoms with E-state index in [1.54, 1.807) is 0 Å². The van der Waals surface area contributed by atoms with Crippen LogP contribution in [-0.4, -0.2) is 22.2 Å². The molecule has 1 heterocycles. The number of hydrogen-bond acceptors (Lipinski definition) is 2. The number of aliphatic hydroxyl groups is 1. The van der Waals surface area contributed by atoms with Crippen molar-refractivity contribution in [3.8, 4) is 0 Å². The van der Waals surface area contributed by atoms with Crippen molar-refractivity contribution in [3.63, 3.8) is 0 Å². The molecule has 0 radical (unpaired) electrons. The molecule has 1 aromatic carbocycles. The first kappa shape index (κ1) is 13.6. The number of nitrogens with zero attached hydrogens (tertiary/aromatic N) is 1. The number of carbonyl (C=O) groups is 1. The highest BCUT2D eigenvalue weighted by atomic mass is 16.3. The molecule has 1 aromatic heterocycles. The second kappa shape index (κ2) is 5.45. The largest absolute Gasteiger partial charge is 0.396 e. The number of nitrogens with one attached hydrogen (secondary N) is 1. The van der Waals surface area contributed by atoms with Crippen molar-refractivity contribution >= 4 is 22.5 Å². The lowest BCUT2D eigenvalue weighted by molar-refractivity contribution is -0.122. The Morgan fingerprint density at radius 1 is 1.37 bits per heavy atom. The Morgan fingerprint density at radius 3 is 2.68 bits per heavy atom. The summed E-state index contributed by atoms with van der Waals surface area (Å²) in [6, 6.07) is 7.91. The summed E-state index contributed by atoms with van der Waals surface area (Å²) < 4.78 is 1.98. The molecule has 0 aliphatic heterocycles. The Bertz CT molecular complexity index is 587. The summed E-state index contributed by atoms with van der Waals surface area (Å²) in [7, 11) is 1.95. The van der Waals surface area contributed by atoms with Gasteiger partial charge in [0.15, 0.2) is 0 Å². The van der Waals surface area contributed by atoms with Gasteiger partial charge in [0.05, 0.1) is 18.2 Å². The lowest BCUT2D eigenvalue weighted by Gasteiger charge is -2.17. The van der Waals surface area contributed by atoms with Crippen LogP contribution in [0.15, 0.2) is 30.5 Å². The van der Waals surface area contributed by atoms with E-state index in [1.807, 2.05) is 55.9 Å². The van der Waals surface area contributed by atoms with Gasteiger partial charge in [-0.05, 0) is 12.0 Å². The van der Waals surface area contributed by atoms with E-state index in [-0.39, 0.29) is 24.3 Å². The molecule has 4 heteroatoms. The van der Waals surface area contributed by atoms with E-state index >= 15 is 0 Å². The fourth-order valence-corrected chi connectivity index (χ4v) is 2.26. The molecule has 1 atom stereocenters. The van der Waals surface area contributed by atoms with Gasteiger partial charge in [0.1, 0.15) is 0 Å². The molecule has 0 bridgehead atoms. The van der Waals surface area contributed by atoms with Gasteiger partial charge in [-0.15, -0.1) is 0 Å². The summed E-state index contributed by atoms with van der Waals surface area (Å²) in [5.41, 5.74) is 1.87. The number of fused-ring (bicyclic) bond motifs is 1. The number of aliphatic hydroxyl groups excluding tert-OH is 1. The van der Waals surface area contributed by atoms with Gasteiger partial charge in [-0.1, -0.05) is 32.0 Å². The SMILES string of the molecule is CC(C)C(CO)C(=O)Nc1cn(C)c2ccccc12. The number of aromatic nitrogens is 1. The van der Waals surface area contributed by atoms with Crippen molar-refractivity contribution < 1.29 is 9.90 Å². The highest BCUT2D eigenvalue weighted by molar-refractivity contribution is 6.02. The minimum absolute atomic E-state index is 0.111. The molecular weight excluding hydrogens is 240 g/mol. The third-order valence-electron chi connectivity index (χ3n) is 3.49. The van der Waals surface area contributed by atoms with Crippen molar-refractivity contribution in [2.45, 2.75) is 13.8 Å². The molecule has 4 nitrogen and oxygen atoms in total. The van der Waals surface area contributed by atoms with Gasteiger partial charge in [-0.25, -0.2) is 0 Å². The van der Waals surface area contributed by atoms with Gasteiger partial charge in [0.2, 0.25) is 5.91 Å². The Labute approximate surface area is 113 Å². The first-order chi connectivity index (χ1) is 9.04. The summed E-state index contributed by atoms with van der Waals surface area (Å²) in [5, 5.41) is 13.2. The molecular formula is C15H20N2O2. The molecule has 2 aromatic rings. The zero-order chi connectivity index (χ0) is 14.0. The molecule has 0 saturated heterocycles. The van der Waals surface area contributed by atoms with E-state index in [2.05, 4.69) is 5.32 Å². The second-order valence-corrected chi connectivity index (χ2v) is 5.19. The number of anilines is 1. The van der Waals surface area contributed by atoms with Crippen molar-refractivity contribution in [1.82, 2.24) is 4.57 Å². The molecule has 0 saturated carbocycles. The van der Waals surface area contributed by atoms with Crippen LogP contribution in [0, 0.1) is 11.8 Å². The second-order valence-electron chi connectivity index (χ2n) is 5.19. The van der Waals surface area contributed by atoms with Crippen molar-refractivity contribution in [2.24, 2.45) is 18.9 Å². The molecule has 0 spiro atoms. The fraction of sp³-hybridized carbons (Fsp3) is 0.400. The average molecular weight is 260 g/mol. The van der Waals surface area contributed by atoms with Crippen LogP contribution in [0.4, 0.5) is 5.69 Å². The maximum Gasteiger partial charge on any atom is 0.230 e. The number of amides is 1. The maximum absolute atomic E-state index is 12.2. The van der Waals surface area contributed by atoms with Gasteiger partial charge < -0.3 is 15.0 Å². The monoisotopic (exact) mass is 260 g/mol. The van der Waals surface area contributed by atoms with E-state index < -0.39 is 0 Å². The number of hydrogen-bond donors (Lipinski definition) is 2. The van der Waals surface area contributed by atoms with Crippen molar-refractivity contribution in [1.29, 1.82) is 0 Å². The smallest absolute Gasteiger partial charge is 0.230 e. The Morgan fingerprint density at radius 2 is 2.05 bits per heavy atom. The lowest BCUT2D eigenvalue weighted by Crippen LogP contribution is -2.29.